The fourth-order valence-corrected chi connectivity index (χ4v) is 2.30. The van der Waals surface area contributed by atoms with Crippen molar-refractivity contribution in [2.75, 3.05) is 17.7 Å². The third kappa shape index (κ3) is 3.32. The molecular weight excluding hydrogens is 242 g/mol. The number of primary sulfonamides is 1. The molecule has 0 aliphatic carbocycles. The van der Waals surface area contributed by atoms with Crippen molar-refractivity contribution in [3.8, 4) is 0 Å². The van der Waals surface area contributed by atoms with E-state index in [1.165, 1.54) is 6.07 Å². The summed E-state index contributed by atoms with van der Waals surface area (Å²) in [6.07, 6.45) is 0. The second-order valence-corrected chi connectivity index (χ2v) is 5.49. The number of nitrogens with two attached hydrogens (primary N) is 2. The molecule has 0 fully saturated rings. The lowest BCUT2D eigenvalue weighted by Crippen LogP contribution is -2.21. The van der Waals surface area contributed by atoms with Crippen LogP contribution in [0.1, 0.15) is 12.5 Å². The molecule has 6 N–H and O–H groups in total. The summed E-state index contributed by atoms with van der Waals surface area (Å²) in [5.41, 5.74) is 6.96. The van der Waals surface area contributed by atoms with Gasteiger partial charge in [0.15, 0.2) is 0 Å². The van der Waals surface area contributed by atoms with Gasteiger partial charge in [0.1, 0.15) is 0 Å². The molecule has 0 aliphatic rings. The van der Waals surface area contributed by atoms with Crippen LogP contribution in [0.2, 0.25) is 0 Å². The molecule has 1 aromatic rings. The lowest BCUT2D eigenvalue weighted by molar-refractivity contribution is 0.281. The van der Waals surface area contributed by atoms with Crippen molar-refractivity contribution >= 4 is 21.4 Å². The molecule has 0 saturated heterocycles. The third-order valence-corrected chi connectivity index (χ3v) is 3.40. The lowest BCUT2D eigenvalue weighted by Gasteiger charge is -2.17. The summed E-state index contributed by atoms with van der Waals surface area (Å²) in [5.74, 6) is 0. The minimum Gasteiger partial charge on any atom is -0.399 e. The first-order chi connectivity index (χ1) is 7.75. The molecular formula is C10H17N3O3S. The highest BCUT2D eigenvalue weighted by Gasteiger charge is 2.16. The Hall–Kier alpha value is -1.31. The van der Waals surface area contributed by atoms with Crippen LogP contribution in [0.5, 0.6) is 0 Å². The molecule has 0 aromatic heterocycles. The predicted octanol–water partition coefficient (Wildman–Crippen LogP) is 0.0173. The molecule has 6 nitrogen and oxygen atoms in total. The van der Waals surface area contributed by atoms with Crippen molar-refractivity contribution in [2.45, 2.75) is 24.8 Å². The Labute approximate surface area is 101 Å². The van der Waals surface area contributed by atoms with Crippen LogP contribution in [0.25, 0.3) is 0 Å². The van der Waals surface area contributed by atoms with Gasteiger partial charge in [0.25, 0.3) is 0 Å². The number of nitrogens with one attached hydrogen (secondary N) is 1. The van der Waals surface area contributed by atoms with E-state index in [9.17, 15) is 8.42 Å². The van der Waals surface area contributed by atoms with Crippen LogP contribution < -0.4 is 16.2 Å². The summed E-state index contributed by atoms with van der Waals surface area (Å²) in [5, 5.41) is 17.0. The largest absolute Gasteiger partial charge is 0.399 e. The molecule has 7 heteroatoms. The lowest BCUT2D eigenvalue weighted by atomic mass is 10.1. The Morgan fingerprint density at radius 2 is 2.06 bits per heavy atom. The van der Waals surface area contributed by atoms with Crippen LogP contribution in [-0.4, -0.2) is 26.2 Å². The van der Waals surface area contributed by atoms with Gasteiger partial charge in [-0.1, -0.05) is 0 Å². The van der Waals surface area contributed by atoms with E-state index >= 15 is 0 Å². The van der Waals surface area contributed by atoms with Crippen molar-refractivity contribution in [2.24, 2.45) is 5.14 Å². The smallest absolute Gasteiger partial charge is 0.238 e. The van der Waals surface area contributed by atoms with E-state index in [0.717, 1.165) is 0 Å². The van der Waals surface area contributed by atoms with Crippen molar-refractivity contribution in [3.05, 3.63) is 17.7 Å². The number of aliphatic hydroxyl groups is 1. The first kappa shape index (κ1) is 13.8. The molecule has 1 rings (SSSR count). The highest BCUT2D eigenvalue weighted by atomic mass is 32.2. The summed E-state index contributed by atoms with van der Waals surface area (Å²) in [6.45, 7) is 3.32. The summed E-state index contributed by atoms with van der Waals surface area (Å²) in [7, 11) is -3.80. The average molecular weight is 259 g/mol. The maximum absolute atomic E-state index is 11.4. The van der Waals surface area contributed by atoms with Gasteiger partial charge in [-0.15, -0.1) is 0 Å². The molecule has 0 amide bonds. The van der Waals surface area contributed by atoms with Gasteiger partial charge in [-0.25, -0.2) is 13.6 Å². The van der Waals surface area contributed by atoms with Crippen LogP contribution in [0.15, 0.2) is 17.0 Å². The van der Waals surface area contributed by atoms with Crippen molar-refractivity contribution < 1.29 is 13.5 Å². The number of benzene rings is 1. The Balaban J connectivity index is 3.29. The second kappa shape index (κ2) is 4.91. The quantitative estimate of drug-likeness (QED) is 0.568. The van der Waals surface area contributed by atoms with E-state index in [0.29, 0.717) is 16.9 Å². The monoisotopic (exact) mass is 259 g/mol. The van der Waals surface area contributed by atoms with Gasteiger partial charge in [-0.05, 0) is 31.5 Å². The Morgan fingerprint density at radius 1 is 1.47 bits per heavy atom. The van der Waals surface area contributed by atoms with Crippen LogP contribution >= 0.6 is 0 Å². The molecule has 0 aliphatic heterocycles. The Kier molecular flexibility index (Phi) is 3.97. The first-order valence-electron chi connectivity index (χ1n) is 5.06. The van der Waals surface area contributed by atoms with Gasteiger partial charge in [0.2, 0.25) is 10.0 Å². The van der Waals surface area contributed by atoms with Crippen LogP contribution in [-0.2, 0) is 10.0 Å². The van der Waals surface area contributed by atoms with E-state index in [4.69, 9.17) is 16.0 Å². The fraction of sp³-hybridized carbons (Fsp3) is 0.400. The molecule has 17 heavy (non-hydrogen) atoms. The first-order valence-corrected chi connectivity index (χ1v) is 6.60. The van der Waals surface area contributed by atoms with Gasteiger partial charge >= 0.3 is 0 Å². The van der Waals surface area contributed by atoms with Crippen LogP contribution in [0.4, 0.5) is 11.4 Å². The van der Waals surface area contributed by atoms with E-state index in [2.05, 4.69) is 5.32 Å². The maximum Gasteiger partial charge on any atom is 0.238 e. The zero-order valence-corrected chi connectivity index (χ0v) is 10.6. The molecule has 1 unspecified atom stereocenters. The number of hydrogen-bond acceptors (Lipinski definition) is 5. The average Bonchev–Trinajstić information content (AvgIpc) is 2.21. The van der Waals surface area contributed by atoms with E-state index in [1.807, 2.05) is 0 Å². The maximum atomic E-state index is 11.4. The minimum absolute atomic E-state index is 0.00913. The van der Waals surface area contributed by atoms with Gasteiger partial charge in [-0.2, -0.15) is 0 Å². The molecule has 1 atom stereocenters. The summed E-state index contributed by atoms with van der Waals surface area (Å²) >= 11 is 0. The van der Waals surface area contributed by atoms with Crippen LogP contribution in [0, 0.1) is 6.92 Å². The standard InChI is InChI=1S/C10H17N3O3S/c1-6(5-14)13-9-3-8(11)4-10(7(9)2)17(12,15)16/h3-4,6,13-14H,5,11H2,1-2H3,(H2,12,15,16). The number of hydrogen-bond donors (Lipinski definition) is 4. The van der Waals surface area contributed by atoms with Crippen LogP contribution in [0.3, 0.4) is 0 Å². The fourth-order valence-electron chi connectivity index (χ4n) is 1.47. The summed E-state index contributed by atoms with van der Waals surface area (Å²) in [6, 6.07) is 2.72. The van der Waals surface area contributed by atoms with Gasteiger partial charge in [-0.3, -0.25) is 0 Å². The second-order valence-electron chi connectivity index (χ2n) is 3.96. The number of anilines is 2. The molecule has 0 heterocycles. The Morgan fingerprint density at radius 3 is 2.53 bits per heavy atom. The zero-order chi connectivity index (χ0) is 13.2. The molecule has 0 saturated carbocycles. The normalized spacial score (nSPS) is 13.4. The van der Waals surface area contributed by atoms with Crippen molar-refractivity contribution in [1.29, 1.82) is 0 Å². The number of aliphatic hydroxyl groups excluding tert-OH is 1. The van der Waals surface area contributed by atoms with Gasteiger partial charge in [0, 0.05) is 17.4 Å². The summed E-state index contributed by atoms with van der Waals surface area (Å²) in [4.78, 5) is -0.00913. The van der Waals surface area contributed by atoms with E-state index in [1.54, 1.807) is 19.9 Å². The third-order valence-electron chi connectivity index (χ3n) is 2.36. The minimum atomic E-state index is -3.80. The Bertz CT molecular complexity index is 514. The van der Waals surface area contributed by atoms with Gasteiger partial charge < -0.3 is 16.2 Å². The van der Waals surface area contributed by atoms with Gasteiger partial charge in [0.05, 0.1) is 11.5 Å². The van der Waals surface area contributed by atoms with Crippen molar-refractivity contribution in [1.82, 2.24) is 0 Å². The molecule has 96 valence electrons. The molecule has 0 radical (unpaired) electrons. The molecule has 0 bridgehead atoms. The predicted molar refractivity (Wildman–Crippen MR) is 67.1 cm³/mol. The zero-order valence-electron chi connectivity index (χ0n) is 9.77. The molecule has 1 aromatic carbocycles. The topological polar surface area (TPSA) is 118 Å². The highest BCUT2D eigenvalue weighted by molar-refractivity contribution is 7.89. The highest BCUT2D eigenvalue weighted by Crippen LogP contribution is 2.26. The van der Waals surface area contributed by atoms with E-state index < -0.39 is 10.0 Å². The SMILES string of the molecule is Cc1c(NC(C)CO)cc(N)cc1S(N)(=O)=O. The van der Waals surface area contributed by atoms with Crippen molar-refractivity contribution in [3.63, 3.8) is 0 Å². The number of nitrogen functional groups attached to an aromatic ring is 1. The number of rotatable bonds is 4. The summed E-state index contributed by atoms with van der Waals surface area (Å²) < 4.78 is 22.7. The molecule has 0 spiro atoms. The van der Waals surface area contributed by atoms with E-state index in [-0.39, 0.29) is 17.5 Å². The number of sulfonamides is 1.